The molecule has 0 saturated heterocycles. The van der Waals surface area contributed by atoms with Crippen LogP contribution in [0.4, 0.5) is 11.4 Å². The van der Waals surface area contributed by atoms with Crippen LogP contribution in [-0.4, -0.2) is 6.21 Å². The molecule has 0 aliphatic carbocycles. The number of benzene rings is 2. The van der Waals surface area contributed by atoms with E-state index in [0.717, 1.165) is 10.0 Å². The van der Waals surface area contributed by atoms with E-state index < -0.39 is 0 Å². The molecule has 5 heteroatoms. The predicted octanol–water partition coefficient (Wildman–Crippen LogP) is 5.09. The zero-order valence-electron chi connectivity index (χ0n) is 9.20. The van der Waals surface area contributed by atoms with E-state index in [4.69, 9.17) is 28.9 Å². The number of nitrogens with zero attached hydrogens (tertiary/aromatic N) is 1. The Hall–Kier alpha value is -1.03. The average Bonchev–Trinajstić information content (AvgIpc) is 2.27. The minimum Gasteiger partial charge on any atom is -0.399 e. The molecule has 0 aromatic heterocycles. The SMILES string of the molecule is Nc1cc(Cl)c(N=Cc2cccc(Br)c2)c(Cl)c1. The number of halogens is 3. The number of rotatable bonds is 2. The summed E-state index contributed by atoms with van der Waals surface area (Å²) in [5.74, 6) is 0. The maximum Gasteiger partial charge on any atom is 0.100 e. The van der Waals surface area contributed by atoms with Crippen molar-refractivity contribution in [2.45, 2.75) is 0 Å². The molecular weight excluding hydrogens is 335 g/mol. The summed E-state index contributed by atoms with van der Waals surface area (Å²) in [7, 11) is 0. The second-order valence-corrected chi connectivity index (χ2v) is 5.38. The topological polar surface area (TPSA) is 38.4 Å². The van der Waals surface area contributed by atoms with E-state index in [9.17, 15) is 0 Å². The van der Waals surface area contributed by atoms with Crippen LogP contribution in [0.3, 0.4) is 0 Å². The molecule has 0 spiro atoms. The summed E-state index contributed by atoms with van der Waals surface area (Å²) in [6, 6.07) is 11.0. The molecule has 0 atom stereocenters. The van der Waals surface area contributed by atoms with E-state index in [1.165, 1.54) is 0 Å². The summed E-state index contributed by atoms with van der Waals surface area (Å²) < 4.78 is 0.987. The van der Waals surface area contributed by atoms with E-state index in [1.807, 2.05) is 24.3 Å². The summed E-state index contributed by atoms with van der Waals surface area (Å²) in [4.78, 5) is 4.29. The molecule has 18 heavy (non-hydrogen) atoms. The average molecular weight is 344 g/mol. The van der Waals surface area contributed by atoms with Crippen molar-refractivity contribution in [1.82, 2.24) is 0 Å². The first-order chi connectivity index (χ1) is 8.56. The second-order valence-electron chi connectivity index (χ2n) is 3.65. The molecule has 0 aliphatic rings. The maximum atomic E-state index is 6.04. The molecule has 0 radical (unpaired) electrons. The molecule has 2 nitrogen and oxygen atoms in total. The van der Waals surface area contributed by atoms with E-state index in [0.29, 0.717) is 21.4 Å². The summed E-state index contributed by atoms with van der Waals surface area (Å²) >= 11 is 15.5. The minimum absolute atomic E-state index is 0.436. The summed E-state index contributed by atoms with van der Waals surface area (Å²) in [5, 5.41) is 0.873. The van der Waals surface area contributed by atoms with Crippen LogP contribution >= 0.6 is 39.1 Å². The molecule has 2 aromatic carbocycles. The van der Waals surface area contributed by atoms with Crippen LogP contribution in [0.25, 0.3) is 0 Å². The summed E-state index contributed by atoms with van der Waals surface area (Å²) in [6.07, 6.45) is 1.70. The van der Waals surface area contributed by atoms with Gasteiger partial charge >= 0.3 is 0 Å². The Bertz CT molecular complexity index is 589. The number of nitrogen functional groups attached to an aromatic ring is 1. The fraction of sp³-hybridized carbons (Fsp3) is 0. The van der Waals surface area contributed by atoms with Crippen molar-refractivity contribution in [2.75, 3.05) is 5.73 Å². The third-order valence-corrected chi connectivity index (χ3v) is 3.30. The molecule has 0 unspecified atom stereocenters. The summed E-state index contributed by atoms with van der Waals surface area (Å²) in [6.45, 7) is 0. The van der Waals surface area contributed by atoms with Gasteiger partial charge in [-0.05, 0) is 29.8 Å². The maximum absolute atomic E-state index is 6.04. The first-order valence-electron chi connectivity index (χ1n) is 5.10. The van der Waals surface area contributed by atoms with Gasteiger partial charge in [-0.1, -0.05) is 51.3 Å². The van der Waals surface area contributed by atoms with Crippen LogP contribution in [0.1, 0.15) is 5.56 Å². The van der Waals surface area contributed by atoms with Crippen LogP contribution in [-0.2, 0) is 0 Å². The van der Waals surface area contributed by atoms with Gasteiger partial charge in [-0.15, -0.1) is 0 Å². The van der Waals surface area contributed by atoms with Crippen molar-refractivity contribution in [1.29, 1.82) is 0 Å². The first kappa shape index (κ1) is 13.4. The van der Waals surface area contributed by atoms with Crippen molar-refractivity contribution >= 4 is 56.7 Å². The Balaban J connectivity index is 2.35. The van der Waals surface area contributed by atoms with Crippen LogP contribution < -0.4 is 5.73 Å². The molecule has 0 amide bonds. The number of hydrogen-bond donors (Lipinski definition) is 1. The van der Waals surface area contributed by atoms with Crippen molar-refractivity contribution in [3.63, 3.8) is 0 Å². The van der Waals surface area contributed by atoms with E-state index in [2.05, 4.69) is 20.9 Å². The number of aliphatic imine (C=N–C) groups is 1. The van der Waals surface area contributed by atoms with Gasteiger partial charge in [0, 0.05) is 16.4 Å². The Kier molecular flexibility index (Phi) is 4.27. The fourth-order valence-electron chi connectivity index (χ4n) is 1.43. The number of nitrogens with two attached hydrogens (primary N) is 1. The second kappa shape index (κ2) is 5.74. The van der Waals surface area contributed by atoms with Gasteiger partial charge in [-0.2, -0.15) is 0 Å². The first-order valence-corrected chi connectivity index (χ1v) is 6.65. The van der Waals surface area contributed by atoms with Gasteiger partial charge < -0.3 is 5.73 Å². The Morgan fingerprint density at radius 2 is 1.78 bits per heavy atom. The normalized spacial score (nSPS) is 11.1. The third-order valence-electron chi connectivity index (χ3n) is 2.23. The highest BCUT2D eigenvalue weighted by Gasteiger charge is 2.05. The number of hydrogen-bond acceptors (Lipinski definition) is 2. The van der Waals surface area contributed by atoms with Crippen LogP contribution in [0.15, 0.2) is 45.9 Å². The molecule has 0 saturated carbocycles. The lowest BCUT2D eigenvalue weighted by Gasteiger charge is -2.03. The zero-order chi connectivity index (χ0) is 13.1. The molecule has 0 bridgehead atoms. The lowest BCUT2D eigenvalue weighted by molar-refractivity contribution is 1.52. The minimum atomic E-state index is 0.436. The van der Waals surface area contributed by atoms with Gasteiger partial charge in [0.15, 0.2) is 0 Å². The third kappa shape index (κ3) is 3.25. The molecule has 0 aliphatic heterocycles. The molecular formula is C13H9BrCl2N2. The van der Waals surface area contributed by atoms with Crippen molar-refractivity contribution in [3.05, 3.63) is 56.5 Å². The van der Waals surface area contributed by atoms with Crippen molar-refractivity contribution < 1.29 is 0 Å². The van der Waals surface area contributed by atoms with Gasteiger partial charge in [0.2, 0.25) is 0 Å². The van der Waals surface area contributed by atoms with Gasteiger partial charge in [0.05, 0.1) is 10.0 Å². The molecule has 2 aromatic rings. The molecule has 92 valence electrons. The molecule has 2 rings (SSSR count). The molecule has 0 heterocycles. The summed E-state index contributed by atoms with van der Waals surface area (Å²) in [5.41, 5.74) is 7.62. The van der Waals surface area contributed by atoms with E-state index in [1.54, 1.807) is 18.3 Å². The Morgan fingerprint density at radius 3 is 2.39 bits per heavy atom. The zero-order valence-corrected chi connectivity index (χ0v) is 12.3. The van der Waals surface area contributed by atoms with Crippen molar-refractivity contribution in [3.8, 4) is 0 Å². The predicted molar refractivity (Wildman–Crippen MR) is 82.3 cm³/mol. The van der Waals surface area contributed by atoms with Crippen LogP contribution in [0.5, 0.6) is 0 Å². The Labute approximate surface area is 124 Å². The van der Waals surface area contributed by atoms with Gasteiger partial charge in [-0.25, -0.2) is 0 Å². The highest BCUT2D eigenvalue weighted by Crippen LogP contribution is 2.35. The highest BCUT2D eigenvalue weighted by atomic mass is 79.9. The van der Waals surface area contributed by atoms with E-state index >= 15 is 0 Å². The van der Waals surface area contributed by atoms with Gasteiger partial charge in [-0.3, -0.25) is 4.99 Å². The van der Waals surface area contributed by atoms with Crippen molar-refractivity contribution in [2.24, 2.45) is 4.99 Å². The monoisotopic (exact) mass is 342 g/mol. The van der Waals surface area contributed by atoms with Gasteiger partial charge in [0.1, 0.15) is 5.69 Å². The fourth-order valence-corrected chi connectivity index (χ4v) is 2.45. The Morgan fingerprint density at radius 1 is 1.11 bits per heavy atom. The van der Waals surface area contributed by atoms with Gasteiger partial charge in [0.25, 0.3) is 0 Å². The smallest absolute Gasteiger partial charge is 0.100 e. The standard InChI is InChI=1S/C13H9BrCl2N2/c14-9-3-1-2-8(4-9)7-18-13-11(15)5-10(17)6-12(13)16/h1-7H,17H2. The van der Waals surface area contributed by atoms with Crippen LogP contribution in [0, 0.1) is 0 Å². The molecule has 2 N–H and O–H groups in total. The molecule has 0 fully saturated rings. The van der Waals surface area contributed by atoms with E-state index in [-0.39, 0.29) is 0 Å². The lowest BCUT2D eigenvalue weighted by atomic mass is 10.2. The van der Waals surface area contributed by atoms with Crippen LogP contribution in [0.2, 0.25) is 10.0 Å². The highest BCUT2D eigenvalue weighted by molar-refractivity contribution is 9.10. The quantitative estimate of drug-likeness (QED) is 0.598. The largest absolute Gasteiger partial charge is 0.399 e. The lowest BCUT2D eigenvalue weighted by Crippen LogP contribution is -1.85. The number of anilines is 1.